The first-order valence-electron chi connectivity index (χ1n) is 8.57. The molecule has 0 bridgehead atoms. The summed E-state index contributed by atoms with van der Waals surface area (Å²) in [7, 11) is 1.59. The second-order valence-electron chi connectivity index (χ2n) is 6.39. The molecule has 134 valence electrons. The van der Waals surface area contributed by atoms with E-state index in [1.807, 2.05) is 19.1 Å². The Morgan fingerprint density at radius 1 is 1.32 bits per heavy atom. The molecule has 1 aromatic heterocycles. The number of piperidine rings is 1. The van der Waals surface area contributed by atoms with E-state index in [2.05, 4.69) is 0 Å². The van der Waals surface area contributed by atoms with Crippen LogP contribution < -0.4 is 4.74 Å². The number of rotatable bonds is 5. The Morgan fingerprint density at radius 2 is 2.16 bits per heavy atom. The molecule has 1 fully saturated rings. The second-order valence-corrected chi connectivity index (χ2v) is 6.39. The molecular formula is C19H23NO5. The molecule has 1 aliphatic rings. The number of furan rings is 1. The third-order valence-electron chi connectivity index (χ3n) is 4.68. The van der Waals surface area contributed by atoms with Crippen molar-refractivity contribution >= 4 is 22.8 Å². The first-order valence-corrected chi connectivity index (χ1v) is 8.57. The maximum atomic E-state index is 12.2. The van der Waals surface area contributed by atoms with Crippen LogP contribution in [0.3, 0.4) is 0 Å². The molecule has 1 atom stereocenters. The first-order chi connectivity index (χ1) is 12.1. The SMILES string of the molecule is COc1ccc2c(CC(=O)OCC(=O)N3CCCC[C@@H]3C)coc2c1. The summed E-state index contributed by atoms with van der Waals surface area (Å²) in [5.41, 5.74) is 1.39. The maximum Gasteiger partial charge on any atom is 0.310 e. The summed E-state index contributed by atoms with van der Waals surface area (Å²) in [6, 6.07) is 5.65. The van der Waals surface area contributed by atoms with E-state index in [1.165, 1.54) is 0 Å². The van der Waals surface area contributed by atoms with Crippen molar-refractivity contribution in [2.24, 2.45) is 0 Å². The number of esters is 1. The van der Waals surface area contributed by atoms with Gasteiger partial charge in [-0.25, -0.2) is 0 Å². The summed E-state index contributed by atoms with van der Waals surface area (Å²) in [5, 5.41) is 0.841. The van der Waals surface area contributed by atoms with Crippen LogP contribution in [-0.4, -0.2) is 43.1 Å². The summed E-state index contributed by atoms with van der Waals surface area (Å²) in [4.78, 5) is 26.1. The fourth-order valence-electron chi connectivity index (χ4n) is 3.23. The number of hydrogen-bond acceptors (Lipinski definition) is 5. The van der Waals surface area contributed by atoms with Crippen molar-refractivity contribution in [1.29, 1.82) is 0 Å². The van der Waals surface area contributed by atoms with Crippen LogP contribution in [0.5, 0.6) is 5.75 Å². The predicted octanol–water partition coefficient (Wildman–Crippen LogP) is 2.93. The quantitative estimate of drug-likeness (QED) is 0.779. The summed E-state index contributed by atoms with van der Waals surface area (Å²) in [5.74, 6) is 0.135. The van der Waals surface area contributed by atoms with E-state index in [0.717, 1.165) is 36.8 Å². The van der Waals surface area contributed by atoms with Gasteiger partial charge in [0.2, 0.25) is 0 Å². The molecule has 0 aliphatic carbocycles. The molecule has 0 spiro atoms. The van der Waals surface area contributed by atoms with Crippen molar-refractivity contribution in [3.63, 3.8) is 0 Å². The van der Waals surface area contributed by atoms with E-state index in [4.69, 9.17) is 13.9 Å². The fourth-order valence-corrected chi connectivity index (χ4v) is 3.23. The summed E-state index contributed by atoms with van der Waals surface area (Å²) >= 11 is 0. The summed E-state index contributed by atoms with van der Waals surface area (Å²) < 4.78 is 15.8. The van der Waals surface area contributed by atoms with Crippen LogP contribution in [0.1, 0.15) is 31.7 Å². The molecule has 1 aliphatic heterocycles. The number of methoxy groups -OCH3 is 1. The van der Waals surface area contributed by atoms with Crippen LogP contribution in [0, 0.1) is 0 Å². The van der Waals surface area contributed by atoms with Gasteiger partial charge < -0.3 is 18.8 Å². The van der Waals surface area contributed by atoms with Gasteiger partial charge in [0, 0.05) is 29.6 Å². The number of ether oxygens (including phenoxy) is 2. The normalized spacial score (nSPS) is 17.5. The lowest BCUT2D eigenvalue weighted by Crippen LogP contribution is -2.44. The minimum Gasteiger partial charge on any atom is -0.497 e. The Morgan fingerprint density at radius 3 is 2.92 bits per heavy atom. The lowest BCUT2D eigenvalue weighted by atomic mass is 10.0. The minimum absolute atomic E-state index is 0.0716. The molecule has 1 amide bonds. The molecule has 6 nitrogen and oxygen atoms in total. The minimum atomic E-state index is -0.434. The average molecular weight is 345 g/mol. The van der Waals surface area contributed by atoms with E-state index in [9.17, 15) is 9.59 Å². The number of nitrogens with zero attached hydrogens (tertiary/aromatic N) is 1. The Hall–Kier alpha value is -2.50. The van der Waals surface area contributed by atoms with Crippen molar-refractivity contribution in [2.45, 2.75) is 38.6 Å². The molecule has 3 rings (SSSR count). The number of likely N-dealkylation sites (tertiary alicyclic amines) is 1. The topological polar surface area (TPSA) is 69.0 Å². The van der Waals surface area contributed by atoms with Crippen LogP contribution in [0.2, 0.25) is 0 Å². The Labute approximate surface area is 146 Å². The monoisotopic (exact) mass is 345 g/mol. The Bertz CT molecular complexity index is 766. The third-order valence-corrected chi connectivity index (χ3v) is 4.68. The summed E-state index contributed by atoms with van der Waals surface area (Å²) in [6.07, 6.45) is 4.77. The second kappa shape index (κ2) is 7.59. The lowest BCUT2D eigenvalue weighted by molar-refractivity contribution is -0.152. The van der Waals surface area contributed by atoms with Crippen LogP contribution >= 0.6 is 0 Å². The Kier molecular flexibility index (Phi) is 5.26. The molecular weight excluding hydrogens is 322 g/mol. The molecule has 0 saturated carbocycles. The van der Waals surface area contributed by atoms with Crippen LogP contribution in [0.15, 0.2) is 28.9 Å². The number of carbonyl (C=O) groups is 2. The largest absolute Gasteiger partial charge is 0.497 e. The van der Waals surface area contributed by atoms with E-state index in [-0.39, 0.29) is 25.0 Å². The van der Waals surface area contributed by atoms with Crippen molar-refractivity contribution in [3.05, 3.63) is 30.0 Å². The van der Waals surface area contributed by atoms with Gasteiger partial charge >= 0.3 is 5.97 Å². The number of hydrogen-bond donors (Lipinski definition) is 0. The molecule has 1 aromatic carbocycles. The van der Waals surface area contributed by atoms with E-state index in [0.29, 0.717) is 11.3 Å². The average Bonchev–Trinajstić information content (AvgIpc) is 3.02. The van der Waals surface area contributed by atoms with Gasteiger partial charge in [0.25, 0.3) is 5.91 Å². The van der Waals surface area contributed by atoms with Crippen molar-refractivity contribution in [2.75, 3.05) is 20.3 Å². The van der Waals surface area contributed by atoms with E-state index in [1.54, 1.807) is 24.3 Å². The molecule has 1 saturated heterocycles. The molecule has 25 heavy (non-hydrogen) atoms. The zero-order valence-electron chi connectivity index (χ0n) is 14.6. The molecule has 0 radical (unpaired) electrons. The summed E-state index contributed by atoms with van der Waals surface area (Å²) in [6.45, 7) is 2.57. The predicted molar refractivity (Wildman–Crippen MR) is 92.5 cm³/mol. The van der Waals surface area contributed by atoms with Crippen molar-refractivity contribution < 1.29 is 23.5 Å². The van der Waals surface area contributed by atoms with E-state index >= 15 is 0 Å². The maximum absolute atomic E-state index is 12.2. The molecule has 2 heterocycles. The van der Waals surface area contributed by atoms with Gasteiger partial charge in [-0.2, -0.15) is 0 Å². The van der Waals surface area contributed by atoms with Gasteiger partial charge in [-0.1, -0.05) is 0 Å². The van der Waals surface area contributed by atoms with Crippen LogP contribution in [0.25, 0.3) is 11.0 Å². The highest BCUT2D eigenvalue weighted by atomic mass is 16.5. The highest BCUT2D eigenvalue weighted by molar-refractivity contribution is 5.87. The number of fused-ring (bicyclic) bond motifs is 1. The van der Waals surface area contributed by atoms with E-state index < -0.39 is 5.97 Å². The third kappa shape index (κ3) is 3.95. The zero-order valence-corrected chi connectivity index (χ0v) is 14.6. The fraction of sp³-hybridized carbons (Fsp3) is 0.474. The standard InChI is InChI=1S/C19H23NO5/c1-13-5-3-4-8-20(13)18(21)12-25-19(22)9-14-11-24-17-10-15(23-2)6-7-16(14)17/h6-7,10-11,13H,3-5,8-9,12H2,1-2H3/t13-/m0/s1. The molecule has 0 N–H and O–H groups in total. The highest BCUT2D eigenvalue weighted by Gasteiger charge is 2.24. The van der Waals surface area contributed by atoms with Gasteiger partial charge in [0.05, 0.1) is 19.8 Å². The number of carbonyl (C=O) groups excluding carboxylic acids is 2. The van der Waals surface area contributed by atoms with Gasteiger partial charge in [-0.05, 0) is 38.3 Å². The van der Waals surface area contributed by atoms with Gasteiger partial charge in [-0.15, -0.1) is 0 Å². The molecule has 6 heteroatoms. The van der Waals surface area contributed by atoms with Crippen molar-refractivity contribution in [3.8, 4) is 5.75 Å². The van der Waals surface area contributed by atoms with Gasteiger partial charge in [-0.3, -0.25) is 9.59 Å². The van der Waals surface area contributed by atoms with Crippen LogP contribution in [-0.2, 0) is 20.7 Å². The van der Waals surface area contributed by atoms with Gasteiger partial charge in [0.15, 0.2) is 6.61 Å². The van der Waals surface area contributed by atoms with Crippen molar-refractivity contribution in [1.82, 2.24) is 4.90 Å². The molecule has 0 unspecified atom stereocenters. The Balaban J connectivity index is 1.56. The lowest BCUT2D eigenvalue weighted by Gasteiger charge is -2.33. The van der Waals surface area contributed by atoms with Gasteiger partial charge in [0.1, 0.15) is 11.3 Å². The molecule has 2 aromatic rings. The number of benzene rings is 1. The zero-order chi connectivity index (χ0) is 17.8. The highest BCUT2D eigenvalue weighted by Crippen LogP contribution is 2.26. The number of amides is 1. The first kappa shape index (κ1) is 17.3. The van der Waals surface area contributed by atoms with Crippen LogP contribution in [0.4, 0.5) is 0 Å². The smallest absolute Gasteiger partial charge is 0.310 e.